The number of nitrogens with zero attached hydrogens (tertiary/aromatic N) is 20. The van der Waals surface area contributed by atoms with Crippen LogP contribution in [0.3, 0.4) is 0 Å². The molecule has 7 aromatic carbocycles. The van der Waals surface area contributed by atoms with E-state index < -0.39 is 131 Å². The standard InChI is InChI=1S/C22H22F2N4O2S.C21H14F3N3O3S.2C20H14F2N4O3S.C18H13F2N5O2S/c23-17-10-16(19(30)14-29)11-18(24)21(17)31-22-26-25-20(13-27-8-4-5-9-27)28(22)12-15-6-2-1-3-7-15;22-15-6-2-1-5-14(15)20-25-26-21(27(20)10-13-4-3-7-30-13)31-19-16(23)8-12(9-17(19)24)18(29)11-28;21-15-7-13(17(28)11-27)8-16(22)18(15)30-20-25-24-19(12-3-1-5-23-9-12)26(20)10-14-4-2-6-29-14;21-15-8-13(17(28)11-27)9-16(22)18(15)30-20-25-24-19(12-3-5-23-6-4-12)26(20)10-14-2-1-7-29-14;1-24-17(13-8-21-15-4-2-3-5-25(13)15)22-23-18(24)28-16-11(19)6-10(7-12(16)20)14(27)9-26/h1-3,6-7,10-11,29H,4-5,8-9,12-14H2;1-9,28H,10-11H2;2*1-9,27H,10-11H2;2-8,26H,9H2,1H3. The molecule has 1 fully saturated rings. The third kappa shape index (κ3) is 25.6. The maximum Gasteiger partial charge on any atom is 0.196 e. The number of hydrogen-bond donors (Lipinski definition) is 5. The molecule has 1 aliphatic heterocycles. The van der Waals surface area contributed by atoms with Crippen LogP contribution < -0.4 is 0 Å². The molecule has 0 aliphatic carbocycles. The normalized spacial score (nSPS) is 11.8. The number of imidazole rings is 1. The third-order valence-electron chi connectivity index (χ3n) is 22.1. The maximum absolute atomic E-state index is 14.6. The van der Waals surface area contributed by atoms with Gasteiger partial charge in [-0.1, -0.05) is 48.5 Å². The number of furan rings is 3. The minimum atomic E-state index is -0.998. The molecule has 5 N–H and O–H groups in total. The summed E-state index contributed by atoms with van der Waals surface area (Å²) in [6.07, 6.45) is 16.7. The number of ketones is 5. The molecule has 1 aliphatic rings. The number of aliphatic hydroxyl groups is 5. The van der Waals surface area contributed by atoms with E-state index in [4.69, 9.17) is 38.8 Å². The van der Waals surface area contributed by atoms with E-state index >= 15 is 0 Å². The highest BCUT2D eigenvalue weighted by Gasteiger charge is 2.31. The summed E-state index contributed by atoms with van der Waals surface area (Å²) in [6.45, 7) is -0.525. The van der Waals surface area contributed by atoms with Crippen LogP contribution in [0.2, 0.25) is 0 Å². The van der Waals surface area contributed by atoms with Crippen molar-refractivity contribution in [1.82, 2.24) is 98.1 Å². The Labute approximate surface area is 862 Å². The lowest BCUT2D eigenvalue weighted by atomic mass is 10.1. The molecular formula is C101H77F11N20O13S5. The van der Waals surface area contributed by atoms with Crippen molar-refractivity contribution in [2.24, 2.45) is 7.05 Å². The number of halogens is 11. The van der Waals surface area contributed by atoms with Crippen LogP contribution in [-0.4, -0.2) is 199 Å². The zero-order chi connectivity index (χ0) is 106. The fourth-order valence-corrected chi connectivity index (χ4v) is 18.9. The second-order valence-corrected chi connectivity index (χ2v) is 36.9. The van der Waals surface area contributed by atoms with Gasteiger partial charge in [0, 0.05) is 77.0 Å². The molecule has 1 saturated heterocycles. The topological polar surface area (TPSA) is 426 Å². The number of aromatic nitrogens is 19. The second-order valence-electron chi connectivity index (χ2n) is 32.0. The molecule has 0 spiro atoms. The average Bonchev–Trinajstić information content (AvgIpc) is 1.49. The number of Topliss-reactive ketones (excluding diaryl/α,β-unsaturated/α-hetero) is 5. The number of pyridine rings is 3. The van der Waals surface area contributed by atoms with Crippen molar-refractivity contribution in [3.05, 3.63) is 371 Å². The molecule has 766 valence electrons. The van der Waals surface area contributed by atoms with Gasteiger partial charge in [0.2, 0.25) is 0 Å². The summed E-state index contributed by atoms with van der Waals surface area (Å²) in [6, 6.07) is 47.5. The van der Waals surface area contributed by atoms with Gasteiger partial charge in [-0.2, -0.15) is 0 Å². The predicted octanol–water partition coefficient (Wildman–Crippen LogP) is 17.8. The molecule has 0 bridgehead atoms. The van der Waals surface area contributed by atoms with Crippen LogP contribution in [0.4, 0.5) is 48.3 Å². The van der Waals surface area contributed by atoms with E-state index in [1.54, 1.807) is 118 Å². The first-order valence-corrected chi connectivity index (χ1v) is 48.7. The summed E-state index contributed by atoms with van der Waals surface area (Å²) in [5.74, 6) is -9.70. The Morgan fingerprint density at radius 1 is 0.333 bits per heavy atom. The first-order valence-electron chi connectivity index (χ1n) is 44.6. The van der Waals surface area contributed by atoms with Crippen molar-refractivity contribution >= 4 is 93.4 Å². The summed E-state index contributed by atoms with van der Waals surface area (Å²) < 4.78 is 186. The van der Waals surface area contributed by atoms with Gasteiger partial charge in [0.25, 0.3) is 0 Å². The monoisotopic (exact) mass is 2150 g/mol. The van der Waals surface area contributed by atoms with Gasteiger partial charge in [0.05, 0.1) is 87.8 Å². The van der Waals surface area contributed by atoms with E-state index in [2.05, 4.69) is 70.8 Å². The van der Waals surface area contributed by atoms with Crippen molar-refractivity contribution in [2.75, 3.05) is 46.1 Å². The molecule has 150 heavy (non-hydrogen) atoms. The Hall–Kier alpha value is -15.8. The molecule has 0 unspecified atom stereocenters. The van der Waals surface area contributed by atoms with Crippen molar-refractivity contribution in [3.63, 3.8) is 0 Å². The number of carbonyl (C=O) groups is 5. The second kappa shape index (κ2) is 49.8. The maximum atomic E-state index is 14.6. The number of fused-ring (bicyclic) bond motifs is 1. The zero-order valence-electron chi connectivity index (χ0n) is 77.7. The summed E-state index contributed by atoms with van der Waals surface area (Å²) >= 11 is 3.71. The smallest absolute Gasteiger partial charge is 0.196 e. The zero-order valence-corrected chi connectivity index (χ0v) is 81.8. The molecule has 12 aromatic heterocycles. The van der Waals surface area contributed by atoms with Crippen LogP contribution in [0.25, 0.3) is 51.3 Å². The molecular weight excluding hydrogens is 2070 g/mol. The number of benzene rings is 7. The van der Waals surface area contributed by atoms with Crippen molar-refractivity contribution in [1.29, 1.82) is 0 Å². The predicted molar refractivity (Wildman–Crippen MR) is 520 cm³/mol. The minimum absolute atomic E-state index is 0.0914. The van der Waals surface area contributed by atoms with E-state index in [1.807, 2.05) is 63.7 Å². The highest BCUT2D eigenvalue weighted by Crippen LogP contribution is 2.42. The van der Waals surface area contributed by atoms with Gasteiger partial charge in [0.15, 0.2) is 78.0 Å². The Bertz CT molecular complexity index is 7730. The lowest BCUT2D eigenvalue weighted by Crippen LogP contribution is -2.21. The van der Waals surface area contributed by atoms with Crippen molar-refractivity contribution in [2.45, 2.75) is 95.8 Å². The fourth-order valence-electron chi connectivity index (χ4n) is 14.8. The number of rotatable bonds is 34. The first-order chi connectivity index (χ1) is 72.6. The summed E-state index contributed by atoms with van der Waals surface area (Å²) in [5.41, 5.74) is 2.79. The largest absolute Gasteiger partial charge is 0.467 e. The number of aliphatic hydroxyl groups excluding tert-OH is 5. The fraction of sp³-hybridized carbons (Fsp3) is 0.149. The van der Waals surface area contributed by atoms with Gasteiger partial charge < -0.3 is 47.9 Å². The minimum Gasteiger partial charge on any atom is -0.467 e. The van der Waals surface area contributed by atoms with Crippen LogP contribution >= 0.6 is 58.8 Å². The summed E-state index contributed by atoms with van der Waals surface area (Å²) in [7, 11) is 1.68. The quantitative estimate of drug-likeness (QED) is 0.0185. The molecule has 19 aromatic rings. The average molecular weight is 2150 g/mol. The molecule has 20 rings (SSSR count). The van der Waals surface area contributed by atoms with Gasteiger partial charge in [-0.15, -0.1) is 51.0 Å². The lowest BCUT2D eigenvalue weighted by molar-refractivity contribution is 0.0897. The van der Waals surface area contributed by atoms with Crippen LogP contribution in [0, 0.1) is 64.0 Å². The van der Waals surface area contributed by atoms with Crippen molar-refractivity contribution < 1.29 is 111 Å². The highest BCUT2D eigenvalue weighted by molar-refractivity contribution is 8.00. The van der Waals surface area contributed by atoms with Gasteiger partial charge in [-0.05, 0) is 236 Å². The first kappa shape index (κ1) is 107. The molecule has 0 amide bonds. The Kier molecular flexibility index (Phi) is 35.5. The molecule has 0 radical (unpaired) electrons. The number of hydrogen-bond acceptors (Lipinski definition) is 32. The van der Waals surface area contributed by atoms with E-state index in [0.29, 0.717) is 76.0 Å². The van der Waals surface area contributed by atoms with Crippen LogP contribution in [0.5, 0.6) is 0 Å². The van der Waals surface area contributed by atoms with E-state index in [9.17, 15) is 72.3 Å². The SMILES string of the molecule is Cn1c(Sc2c(F)cc(C(=O)CO)cc2F)nnc1-c1cnc2ccccn12.O=C(CO)c1cc(F)c(Sc2nnc(-c3ccccc3F)n2Cc2ccco2)c(F)c1.O=C(CO)c1cc(F)c(Sc2nnc(-c3cccnc3)n2Cc2ccco2)c(F)c1.O=C(CO)c1cc(F)c(Sc2nnc(-c3ccncc3)n2Cc2ccco2)c(F)c1.O=C(CO)c1cc(F)c(Sc2nnc(CN3CCCC3)n2Cc2ccccc2)c(F)c1. The Balaban J connectivity index is 0.000000134. The van der Waals surface area contributed by atoms with Crippen molar-refractivity contribution in [3.8, 4) is 45.7 Å². The van der Waals surface area contributed by atoms with E-state index in [0.717, 1.165) is 156 Å². The molecule has 0 saturated carbocycles. The van der Waals surface area contributed by atoms with E-state index in [1.165, 1.54) is 41.6 Å². The molecule has 13 heterocycles. The van der Waals surface area contributed by atoms with Gasteiger partial charge in [0.1, 0.15) is 131 Å². The number of likely N-dealkylation sites (tertiary alicyclic amines) is 1. The molecule has 0 atom stereocenters. The Morgan fingerprint density at radius 2 is 0.707 bits per heavy atom. The number of carbonyl (C=O) groups excluding carboxylic acids is 5. The molecule has 33 nitrogen and oxygen atoms in total. The van der Waals surface area contributed by atoms with Crippen LogP contribution in [0.15, 0.2) is 314 Å². The Morgan fingerprint density at radius 3 is 1.11 bits per heavy atom. The summed E-state index contributed by atoms with van der Waals surface area (Å²) in [4.78, 5) is 70.7. The van der Waals surface area contributed by atoms with E-state index in [-0.39, 0.29) is 99.0 Å². The van der Waals surface area contributed by atoms with Crippen LogP contribution in [0.1, 0.15) is 93.3 Å². The van der Waals surface area contributed by atoms with Gasteiger partial charge >= 0.3 is 0 Å². The van der Waals surface area contributed by atoms with Gasteiger partial charge in [-0.3, -0.25) is 56.9 Å². The van der Waals surface area contributed by atoms with Crippen LogP contribution in [-0.2, 0) is 39.8 Å². The highest BCUT2D eigenvalue weighted by atomic mass is 32.2. The molecule has 49 heteroatoms. The summed E-state index contributed by atoms with van der Waals surface area (Å²) in [5, 5.41) is 86.9. The van der Waals surface area contributed by atoms with Gasteiger partial charge in [-0.25, -0.2) is 53.3 Å². The lowest BCUT2D eigenvalue weighted by Gasteiger charge is -2.16. The third-order valence-corrected chi connectivity index (χ3v) is 27.6.